The summed E-state index contributed by atoms with van der Waals surface area (Å²) in [5.74, 6) is -1.31. The molecule has 1 amide bonds. The van der Waals surface area contributed by atoms with Crippen LogP contribution in [0.2, 0.25) is 0 Å². The van der Waals surface area contributed by atoms with E-state index in [9.17, 15) is 4.79 Å². The average molecular weight is 460 g/mol. The summed E-state index contributed by atoms with van der Waals surface area (Å²) in [6, 6.07) is 13.2. The molecular weight excluding hydrogens is 432 g/mol. The lowest BCUT2D eigenvalue weighted by Crippen LogP contribution is -2.48. The molecule has 2 aromatic carbocycles. The first-order chi connectivity index (χ1) is 15.8. The Morgan fingerprint density at radius 1 is 0.818 bits per heavy atom. The minimum absolute atomic E-state index is 0.0660. The van der Waals surface area contributed by atoms with Gasteiger partial charge in [-0.2, -0.15) is 0 Å². The van der Waals surface area contributed by atoms with Crippen LogP contribution in [0.25, 0.3) is 0 Å². The number of rotatable bonds is 6. The highest BCUT2D eigenvalue weighted by molar-refractivity contribution is 6.27. The van der Waals surface area contributed by atoms with Crippen LogP contribution in [0.4, 0.5) is 0 Å². The number of nitrogens with zero attached hydrogens (tertiary/aromatic N) is 2. The molecule has 178 valence electrons. The molecule has 1 saturated heterocycles. The van der Waals surface area contributed by atoms with Crippen LogP contribution in [0.5, 0.6) is 17.2 Å². The molecule has 33 heavy (non-hydrogen) atoms. The van der Waals surface area contributed by atoms with E-state index in [1.807, 2.05) is 41.3 Å². The minimum Gasteiger partial charge on any atom is -0.497 e. The molecule has 3 rings (SSSR count). The van der Waals surface area contributed by atoms with Crippen molar-refractivity contribution >= 4 is 17.8 Å². The van der Waals surface area contributed by atoms with Gasteiger partial charge in [0.25, 0.3) is 5.91 Å². The number of carboxylic acids is 2. The van der Waals surface area contributed by atoms with Crippen molar-refractivity contribution in [1.29, 1.82) is 0 Å². The summed E-state index contributed by atoms with van der Waals surface area (Å²) in [4.78, 5) is 35.1. The van der Waals surface area contributed by atoms with Crippen LogP contribution in [0.1, 0.15) is 15.9 Å². The lowest BCUT2D eigenvalue weighted by atomic mass is 10.1. The fourth-order valence-corrected chi connectivity index (χ4v) is 3.34. The number of ether oxygens (including phenoxy) is 3. The van der Waals surface area contributed by atoms with Gasteiger partial charge in [0.1, 0.15) is 5.75 Å². The fraction of sp³-hybridized carbons (Fsp3) is 0.348. The van der Waals surface area contributed by atoms with Gasteiger partial charge in [0.05, 0.1) is 21.3 Å². The van der Waals surface area contributed by atoms with Gasteiger partial charge < -0.3 is 29.3 Å². The van der Waals surface area contributed by atoms with Gasteiger partial charge in [0.15, 0.2) is 11.5 Å². The maximum absolute atomic E-state index is 12.7. The highest BCUT2D eigenvalue weighted by Crippen LogP contribution is 2.31. The SMILES string of the molecule is COc1ccc(C(=O)N2CCN(Cc3cccc(OC)c3OC)CC2)cc1.O=C(O)C(=O)O. The lowest BCUT2D eigenvalue weighted by molar-refractivity contribution is -0.159. The second-order valence-electron chi connectivity index (χ2n) is 7.06. The van der Waals surface area contributed by atoms with E-state index >= 15 is 0 Å². The molecule has 0 aliphatic carbocycles. The minimum atomic E-state index is -1.82. The van der Waals surface area contributed by atoms with Crippen LogP contribution < -0.4 is 14.2 Å². The molecule has 0 bridgehead atoms. The van der Waals surface area contributed by atoms with Gasteiger partial charge in [-0.25, -0.2) is 9.59 Å². The molecule has 10 nitrogen and oxygen atoms in total. The van der Waals surface area contributed by atoms with E-state index in [4.69, 9.17) is 34.0 Å². The van der Waals surface area contributed by atoms with Crippen LogP contribution in [-0.2, 0) is 16.1 Å². The molecule has 10 heteroatoms. The average Bonchev–Trinajstić information content (AvgIpc) is 2.84. The van der Waals surface area contributed by atoms with Crippen molar-refractivity contribution in [2.24, 2.45) is 0 Å². The van der Waals surface area contributed by atoms with Crippen molar-refractivity contribution in [3.05, 3.63) is 53.6 Å². The van der Waals surface area contributed by atoms with Gasteiger partial charge in [-0.05, 0) is 30.3 Å². The summed E-state index contributed by atoms with van der Waals surface area (Å²) in [6.07, 6.45) is 0. The first-order valence-corrected chi connectivity index (χ1v) is 10.1. The molecule has 1 aliphatic heterocycles. The number of amides is 1. The summed E-state index contributed by atoms with van der Waals surface area (Å²) in [5, 5.41) is 14.8. The lowest BCUT2D eigenvalue weighted by Gasteiger charge is -2.35. The zero-order chi connectivity index (χ0) is 24.4. The van der Waals surface area contributed by atoms with Crippen molar-refractivity contribution < 1.29 is 38.8 Å². The van der Waals surface area contributed by atoms with E-state index < -0.39 is 11.9 Å². The number of para-hydroxylation sites is 1. The van der Waals surface area contributed by atoms with E-state index in [0.29, 0.717) is 18.7 Å². The highest BCUT2D eigenvalue weighted by atomic mass is 16.5. The van der Waals surface area contributed by atoms with Gasteiger partial charge in [0, 0.05) is 43.9 Å². The Morgan fingerprint density at radius 3 is 1.91 bits per heavy atom. The number of carbonyl (C=O) groups excluding carboxylic acids is 1. The van der Waals surface area contributed by atoms with E-state index in [-0.39, 0.29) is 5.91 Å². The van der Waals surface area contributed by atoms with Crippen molar-refractivity contribution in [1.82, 2.24) is 9.80 Å². The predicted octanol–water partition coefficient (Wildman–Crippen LogP) is 1.83. The zero-order valence-corrected chi connectivity index (χ0v) is 18.8. The van der Waals surface area contributed by atoms with Gasteiger partial charge >= 0.3 is 11.9 Å². The standard InChI is InChI=1S/C21H26N2O4.C2H2O4/c1-25-18-9-7-16(8-10-18)21(24)23-13-11-22(12-14-23)15-17-5-4-6-19(26-2)20(17)27-3;3-1(4)2(5)6/h4-10H,11-15H2,1-3H3;(H,3,4)(H,5,6). The maximum atomic E-state index is 12.7. The molecule has 0 radical (unpaired) electrons. The maximum Gasteiger partial charge on any atom is 0.414 e. The number of carboxylic acid groups (broad SMARTS) is 2. The quantitative estimate of drug-likeness (QED) is 0.621. The largest absolute Gasteiger partial charge is 0.497 e. The molecule has 0 spiro atoms. The van der Waals surface area contributed by atoms with Crippen molar-refractivity contribution in [2.45, 2.75) is 6.54 Å². The first kappa shape index (κ1) is 25.5. The van der Waals surface area contributed by atoms with E-state index in [1.54, 1.807) is 21.3 Å². The first-order valence-electron chi connectivity index (χ1n) is 10.1. The second kappa shape index (κ2) is 12.3. The summed E-state index contributed by atoms with van der Waals surface area (Å²) < 4.78 is 16.0. The third kappa shape index (κ3) is 7.11. The van der Waals surface area contributed by atoms with Crippen molar-refractivity contribution in [3.63, 3.8) is 0 Å². The van der Waals surface area contributed by atoms with Crippen molar-refractivity contribution in [2.75, 3.05) is 47.5 Å². The number of carbonyl (C=O) groups is 3. The Morgan fingerprint density at radius 2 is 1.42 bits per heavy atom. The van der Waals surface area contributed by atoms with Crippen LogP contribution >= 0.6 is 0 Å². The third-order valence-corrected chi connectivity index (χ3v) is 5.06. The number of aliphatic carboxylic acids is 2. The Bertz CT molecular complexity index is 941. The number of hydrogen-bond acceptors (Lipinski definition) is 7. The van der Waals surface area contributed by atoms with E-state index in [0.717, 1.165) is 42.4 Å². The van der Waals surface area contributed by atoms with Crippen LogP contribution in [0.3, 0.4) is 0 Å². The number of piperazine rings is 1. The van der Waals surface area contributed by atoms with Gasteiger partial charge in [0.2, 0.25) is 0 Å². The monoisotopic (exact) mass is 460 g/mol. The molecular formula is C23H28N2O8. The summed E-state index contributed by atoms with van der Waals surface area (Å²) in [6.45, 7) is 3.82. The molecule has 2 N–H and O–H groups in total. The molecule has 0 saturated carbocycles. The van der Waals surface area contributed by atoms with E-state index in [1.165, 1.54) is 0 Å². The van der Waals surface area contributed by atoms with Crippen LogP contribution in [0, 0.1) is 0 Å². The Balaban J connectivity index is 0.000000569. The normalized spacial score (nSPS) is 13.4. The molecule has 0 aromatic heterocycles. The summed E-state index contributed by atoms with van der Waals surface area (Å²) >= 11 is 0. The van der Waals surface area contributed by atoms with Crippen molar-refractivity contribution in [3.8, 4) is 17.2 Å². The molecule has 1 fully saturated rings. The molecule has 1 aliphatic rings. The zero-order valence-electron chi connectivity index (χ0n) is 18.8. The number of hydrogen-bond donors (Lipinski definition) is 2. The predicted molar refractivity (Wildman–Crippen MR) is 119 cm³/mol. The topological polar surface area (TPSA) is 126 Å². The fourth-order valence-electron chi connectivity index (χ4n) is 3.34. The Labute approximate surface area is 191 Å². The smallest absolute Gasteiger partial charge is 0.414 e. The molecule has 2 aromatic rings. The van der Waals surface area contributed by atoms with Crippen LogP contribution in [-0.4, -0.2) is 85.4 Å². The third-order valence-electron chi connectivity index (χ3n) is 5.06. The molecule has 0 atom stereocenters. The highest BCUT2D eigenvalue weighted by Gasteiger charge is 2.23. The summed E-state index contributed by atoms with van der Waals surface area (Å²) in [5.41, 5.74) is 1.78. The number of methoxy groups -OCH3 is 3. The molecule has 1 heterocycles. The van der Waals surface area contributed by atoms with E-state index in [2.05, 4.69) is 11.0 Å². The Hall–Kier alpha value is -3.79. The second-order valence-corrected chi connectivity index (χ2v) is 7.06. The van der Waals surface area contributed by atoms with Gasteiger partial charge in [-0.3, -0.25) is 9.69 Å². The number of benzene rings is 2. The van der Waals surface area contributed by atoms with Gasteiger partial charge in [-0.15, -0.1) is 0 Å². The van der Waals surface area contributed by atoms with Gasteiger partial charge in [-0.1, -0.05) is 12.1 Å². The van der Waals surface area contributed by atoms with Crippen LogP contribution in [0.15, 0.2) is 42.5 Å². The molecule has 0 unspecified atom stereocenters. The summed E-state index contributed by atoms with van der Waals surface area (Å²) in [7, 11) is 4.92. The Kier molecular flexibility index (Phi) is 9.49.